The van der Waals surface area contributed by atoms with Gasteiger partial charge in [-0.15, -0.1) is 21.5 Å². The number of hydrogen-bond acceptors (Lipinski definition) is 5. The van der Waals surface area contributed by atoms with E-state index in [1.807, 2.05) is 11.3 Å². The third kappa shape index (κ3) is 3.34. The zero-order valence-electron chi connectivity index (χ0n) is 10.3. The highest BCUT2D eigenvalue weighted by atomic mass is 32.1. The molecule has 6 heteroatoms. The van der Waals surface area contributed by atoms with Gasteiger partial charge in [0, 0.05) is 16.3 Å². The molecule has 0 spiro atoms. The molecule has 2 N–H and O–H groups in total. The Morgan fingerprint density at radius 1 is 1.29 bits per heavy atom. The maximum Gasteiger partial charge on any atom is 0.188 e. The molecular formula is C11H17N5S. The van der Waals surface area contributed by atoms with Crippen LogP contribution in [-0.2, 0) is 18.5 Å². The Morgan fingerprint density at radius 3 is 2.71 bits per heavy atom. The van der Waals surface area contributed by atoms with Gasteiger partial charge < -0.3 is 5.32 Å². The van der Waals surface area contributed by atoms with Gasteiger partial charge in [0.1, 0.15) is 0 Å². The van der Waals surface area contributed by atoms with Crippen LogP contribution in [0.4, 0.5) is 0 Å². The summed E-state index contributed by atoms with van der Waals surface area (Å²) in [6, 6.07) is 4.38. The van der Waals surface area contributed by atoms with Gasteiger partial charge in [0.15, 0.2) is 5.82 Å². The maximum atomic E-state index is 3.89. The molecule has 92 valence electrons. The molecule has 0 aliphatic carbocycles. The van der Waals surface area contributed by atoms with Gasteiger partial charge >= 0.3 is 0 Å². The molecular weight excluding hydrogens is 234 g/mol. The molecule has 2 rings (SSSR count). The van der Waals surface area contributed by atoms with E-state index in [1.54, 1.807) is 0 Å². The zero-order chi connectivity index (χ0) is 12.3. The quantitative estimate of drug-likeness (QED) is 0.870. The van der Waals surface area contributed by atoms with Crippen LogP contribution in [0.5, 0.6) is 0 Å². The van der Waals surface area contributed by atoms with Gasteiger partial charge in [0.25, 0.3) is 0 Å². The predicted octanol–water partition coefficient (Wildman–Crippen LogP) is 1.85. The van der Waals surface area contributed by atoms with Gasteiger partial charge in [-0.25, -0.2) is 0 Å². The molecule has 0 fully saturated rings. The van der Waals surface area contributed by atoms with Crippen molar-refractivity contribution in [2.24, 2.45) is 0 Å². The van der Waals surface area contributed by atoms with Crippen LogP contribution in [0.25, 0.3) is 0 Å². The van der Waals surface area contributed by atoms with E-state index in [9.17, 15) is 0 Å². The van der Waals surface area contributed by atoms with E-state index in [-0.39, 0.29) is 5.41 Å². The van der Waals surface area contributed by atoms with E-state index < -0.39 is 0 Å². The fourth-order valence-electron chi connectivity index (χ4n) is 1.43. The largest absolute Gasteiger partial charge is 0.305 e. The van der Waals surface area contributed by atoms with E-state index in [1.165, 1.54) is 9.75 Å². The summed E-state index contributed by atoms with van der Waals surface area (Å²) in [7, 11) is 0. The second-order valence-corrected chi connectivity index (χ2v) is 6.12. The first-order chi connectivity index (χ1) is 8.05. The van der Waals surface area contributed by atoms with Crippen molar-refractivity contribution >= 4 is 11.3 Å². The van der Waals surface area contributed by atoms with Crippen molar-refractivity contribution in [2.75, 3.05) is 0 Å². The molecule has 5 nitrogen and oxygen atoms in total. The first-order valence-corrected chi connectivity index (χ1v) is 6.39. The molecule has 0 atom stereocenters. The molecule has 17 heavy (non-hydrogen) atoms. The number of aromatic nitrogens is 4. The van der Waals surface area contributed by atoms with Gasteiger partial charge in [0.2, 0.25) is 0 Å². The number of tetrazole rings is 1. The van der Waals surface area contributed by atoms with Crippen LogP contribution >= 0.6 is 11.3 Å². The fourth-order valence-corrected chi connectivity index (χ4v) is 2.47. The van der Waals surface area contributed by atoms with Crippen molar-refractivity contribution in [3.63, 3.8) is 0 Å². The second-order valence-electron chi connectivity index (χ2n) is 4.95. The highest BCUT2D eigenvalue weighted by molar-refractivity contribution is 7.12. The Hall–Kier alpha value is -1.27. The van der Waals surface area contributed by atoms with Gasteiger partial charge in [-0.1, -0.05) is 26.0 Å². The number of H-pyrrole nitrogens is 1. The Bertz CT molecular complexity index is 454. The van der Waals surface area contributed by atoms with E-state index in [4.69, 9.17) is 0 Å². The topological polar surface area (TPSA) is 66.5 Å². The average Bonchev–Trinajstić information content (AvgIpc) is 2.86. The molecule has 0 aliphatic rings. The second kappa shape index (κ2) is 4.93. The average molecular weight is 251 g/mol. The lowest BCUT2D eigenvalue weighted by molar-refractivity contribution is 0.604. The number of nitrogens with zero attached hydrogens (tertiary/aromatic N) is 3. The molecule has 0 aliphatic heterocycles. The van der Waals surface area contributed by atoms with E-state index in [2.05, 4.69) is 58.8 Å². The van der Waals surface area contributed by atoms with Crippen LogP contribution in [0, 0.1) is 0 Å². The van der Waals surface area contributed by atoms with Crippen LogP contribution in [0.15, 0.2) is 12.1 Å². The Balaban J connectivity index is 1.85. The molecule has 2 aromatic rings. The van der Waals surface area contributed by atoms with Gasteiger partial charge in [-0.05, 0) is 17.5 Å². The van der Waals surface area contributed by atoms with Crippen molar-refractivity contribution < 1.29 is 0 Å². The third-order valence-electron chi connectivity index (χ3n) is 2.37. The fraction of sp³-hybridized carbons (Fsp3) is 0.545. The van der Waals surface area contributed by atoms with Crippen LogP contribution in [0.1, 0.15) is 36.3 Å². The number of nitrogens with one attached hydrogen (secondary N) is 2. The lowest BCUT2D eigenvalue weighted by atomic mass is 9.95. The molecule has 0 saturated carbocycles. The molecule has 0 bridgehead atoms. The predicted molar refractivity (Wildman–Crippen MR) is 67.7 cm³/mol. The smallest absolute Gasteiger partial charge is 0.188 e. The van der Waals surface area contributed by atoms with Crippen LogP contribution in [0.2, 0.25) is 0 Å². The summed E-state index contributed by atoms with van der Waals surface area (Å²) in [5, 5.41) is 17.0. The third-order valence-corrected chi connectivity index (χ3v) is 3.88. The molecule has 0 saturated heterocycles. The number of aromatic amines is 1. The van der Waals surface area contributed by atoms with E-state index in [0.29, 0.717) is 12.4 Å². The Morgan fingerprint density at radius 2 is 2.12 bits per heavy atom. The normalized spacial score (nSPS) is 11.9. The summed E-state index contributed by atoms with van der Waals surface area (Å²) in [6.45, 7) is 8.18. The SMILES string of the molecule is CC(C)(C)c1ccc(CNCc2nn[nH]n2)s1. The minimum Gasteiger partial charge on any atom is -0.305 e. The molecule has 2 aromatic heterocycles. The number of rotatable bonds is 4. The van der Waals surface area contributed by atoms with Gasteiger partial charge in [0.05, 0.1) is 6.54 Å². The Labute approximate surface area is 105 Å². The van der Waals surface area contributed by atoms with E-state index >= 15 is 0 Å². The standard InChI is InChI=1S/C11H17N5S/c1-11(2,3)9-5-4-8(17-9)6-12-7-10-13-15-16-14-10/h4-5,12H,6-7H2,1-3H3,(H,13,14,15,16). The molecule has 0 unspecified atom stereocenters. The Kier molecular flexibility index (Phi) is 3.54. The summed E-state index contributed by atoms with van der Waals surface area (Å²) < 4.78 is 0. The van der Waals surface area contributed by atoms with Gasteiger partial charge in [-0.3, -0.25) is 0 Å². The summed E-state index contributed by atoms with van der Waals surface area (Å²) in [5.74, 6) is 0.692. The van der Waals surface area contributed by atoms with Crippen molar-refractivity contribution in [1.82, 2.24) is 25.9 Å². The minimum absolute atomic E-state index is 0.233. The first-order valence-electron chi connectivity index (χ1n) is 5.58. The monoisotopic (exact) mass is 251 g/mol. The van der Waals surface area contributed by atoms with Crippen LogP contribution < -0.4 is 5.32 Å². The number of hydrogen-bond donors (Lipinski definition) is 2. The van der Waals surface area contributed by atoms with Crippen molar-refractivity contribution in [2.45, 2.75) is 39.3 Å². The lowest BCUT2D eigenvalue weighted by Gasteiger charge is -2.15. The van der Waals surface area contributed by atoms with Crippen molar-refractivity contribution in [3.05, 3.63) is 27.7 Å². The summed E-state index contributed by atoms with van der Waals surface area (Å²) in [6.07, 6.45) is 0. The van der Waals surface area contributed by atoms with Crippen LogP contribution in [-0.4, -0.2) is 20.6 Å². The van der Waals surface area contributed by atoms with Gasteiger partial charge in [-0.2, -0.15) is 5.21 Å². The summed E-state index contributed by atoms with van der Waals surface area (Å²) in [5.41, 5.74) is 0.233. The van der Waals surface area contributed by atoms with Crippen LogP contribution in [0.3, 0.4) is 0 Å². The lowest BCUT2D eigenvalue weighted by Crippen LogP contribution is -2.13. The summed E-state index contributed by atoms with van der Waals surface area (Å²) in [4.78, 5) is 2.74. The molecule has 0 amide bonds. The first kappa shape index (κ1) is 12.2. The van der Waals surface area contributed by atoms with Crippen molar-refractivity contribution in [3.8, 4) is 0 Å². The highest BCUT2D eigenvalue weighted by Crippen LogP contribution is 2.29. The molecule has 2 heterocycles. The van der Waals surface area contributed by atoms with E-state index in [0.717, 1.165) is 6.54 Å². The molecule has 0 radical (unpaired) electrons. The minimum atomic E-state index is 0.233. The highest BCUT2D eigenvalue weighted by Gasteiger charge is 2.15. The summed E-state index contributed by atoms with van der Waals surface area (Å²) >= 11 is 1.85. The zero-order valence-corrected chi connectivity index (χ0v) is 11.1. The maximum absolute atomic E-state index is 3.89. The van der Waals surface area contributed by atoms with Crippen molar-refractivity contribution in [1.29, 1.82) is 0 Å². The molecule has 0 aromatic carbocycles. The number of thiophene rings is 1.